The van der Waals surface area contributed by atoms with Crippen LogP contribution in [-0.2, 0) is 9.53 Å². The lowest BCUT2D eigenvalue weighted by Gasteiger charge is -2.37. The summed E-state index contributed by atoms with van der Waals surface area (Å²) in [5, 5.41) is 6.33. The molecule has 2 N–H and O–H groups in total. The Labute approximate surface area is 161 Å². The van der Waals surface area contributed by atoms with E-state index in [9.17, 15) is 9.59 Å². The van der Waals surface area contributed by atoms with Crippen LogP contribution in [0.2, 0.25) is 0 Å². The number of halogens is 1. The minimum Gasteiger partial charge on any atom is -0.481 e. The minimum atomic E-state index is -0.636. The van der Waals surface area contributed by atoms with Crippen molar-refractivity contribution in [2.75, 3.05) is 33.4 Å². The predicted octanol–water partition coefficient (Wildman–Crippen LogP) is 2.21. The number of ketones is 1. The first-order valence-corrected chi connectivity index (χ1v) is 8.71. The molecule has 6 nitrogen and oxygen atoms in total. The summed E-state index contributed by atoms with van der Waals surface area (Å²) in [6.45, 7) is 6.28. The van der Waals surface area contributed by atoms with Crippen molar-refractivity contribution in [1.82, 2.24) is 10.6 Å². The van der Waals surface area contributed by atoms with E-state index in [0.717, 1.165) is 25.9 Å². The summed E-state index contributed by atoms with van der Waals surface area (Å²) >= 11 is 0. The number of hydrogen-bond acceptors (Lipinski definition) is 5. The number of rotatable bonds is 8. The molecule has 0 radical (unpaired) electrons. The summed E-state index contributed by atoms with van der Waals surface area (Å²) in [4.78, 5) is 23.8. The average molecular weight is 385 g/mol. The van der Waals surface area contributed by atoms with Gasteiger partial charge in [0, 0.05) is 24.6 Å². The van der Waals surface area contributed by atoms with E-state index in [1.807, 2.05) is 0 Å². The first-order chi connectivity index (χ1) is 12.0. The molecule has 1 aromatic carbocycles. The molecular formula is C19H29ClN2O4. The summed E-state index contributed by atoms with van der Waals surface area (Å²) in [6.07, 6.45) is 1.30. The zero-order valence-corrected chi connectivity index (χ0v) is 16.5. The number of methoxy groups -OCH3 is 1. The third-order valence-corrected chi connectivity index (χ3v) is 4.68. The van der Waals surface area contributed by atoms with E-state index in [0.29, 0.717) is 24.5 Å². The zero-order valence-electron chi connectivity index (χ0n) is 15.7. The molecule has 0 spiro atoms. The number of carbonyl (C=O) groups is 2. The number of nitrogens with one attached hydrogen (secondary N) is 2. The summed E-state index contributed by atoms with van der Waals surface area (Å²) in [5.74, 6) is 0.320. The Morgan fingerprint density at radius 3 is 2.62 bits per heavy atom. The highest BCUT2D eigenvalue weighted by Gasteiger charge is 2.33. The van der Waals surface area contributed by atoms with E-state index in [-0.39, 0.29) is 29.5 Å². The van der Waals surface area contributed by atoms with Gasteiger partial charge >= 0.3 is 0 Å². The molecule has 1 aliphatic heterocycles. The maximum Gasteiger partial charge on any atom is 0.260 e. The molecule has 26 heavy (non-hydrogen) atoms. The lowest BCUT2D eigenvalue weighted by molar-refractivity contribution is -0.128. The Kier molecular flexibility index (Phi) is 9.05. The molecule has 7 heteroatoms. The van der Waals surface area contributed by atoms with Gasteiger partial charge in [0.05, 0.1) is 6.61 Å². The van der Waals surface area contributed by atoms with Crippen LogP contribution in [-0.4, -0.2) is 51.1 Å². The first-order valence-electron chi connectivity index (χ1n) is 8.71. The van der Waals surface area contributed by atoms with Crippen molar-refractivity contribution >= 4 is 24.1 Å². The van der Waals surface area contributed by atoms with Gasteiger partial charge in [-0.1, -0.05) is 12.1 Å². The Bertz CT molecular complexity index is 597. The number of Topliss-reactive ketones (excluding diaryl/α,β-unsaturated/α-hetero) is 1. The van der Waals surface area contributed by atoms with Gasteiger partial charge in [-0.3, -0.25) is 9.59 Å². The molecule has 2 rings (SSSR count). The molecule has 1 unspecified atom stereocenters. The molecule has 0 aromatic heterocycles. The second-order valence-corrected chi connectivity index (χ2v) is 6.74. The third-order valence-electron chi connectivity index (χ3n) is 4.68. The van der Waals surface area contributed by atoms with Crippen LogP contribution in [0, 0.1) is 5.41 Å². The number of ether oxygens (including phenoxy) is 2. The first kappa shape index (κ1) is 22.4. The molecule has 1 fully saturated rings. The molecule has 1 amide bonds. The molecule has 1 aromatic rings. The van der Waals surface area contributed by atoms with Gasteiger partial charge in [0.15, 0.2) is 11.9 Å². The lowest BCUT2D eigenvalue weighted by atomic mass is 9.79. The van der Waals surface area contributed by atoms with Crippen LogP contribution in [0.3, 0.4) is 0 Å². The summed E-state index contributed by atoms with van der Waals surface area (Å²) in [7, 11) is 1.69. The highest BCUT2D eigenvalue weighted by molar-refractivity contribution is 5.94. The van der Waals surface area contributed by atoms with Crippen molar-refractivity contribution < 1.29 is 19.1 Å². The highest BCUT2D eigenvalue weighted by atomic mass is 35.5. The van der Waals surface area contributed by atoms with Gasteiger partial charge in [-0.15, -0.1) is 12.4 Å². The van der Waals surface area contributed by atoms with E-state index in [1.54, 1.807) is 38.3 Å². The molecule has 0 aliphatic carbocycles. The van der Waals surface area contributed by atoms with Gasteiger partial charge in [-0.2, -0.15) is 0 Å². The average Bonchev–Trinajstić information content (AvgIpc) is 2.61. The fourth-order valence-electron chi connectivity index (χ4n) is 3.10. The van der Waals surface area contributed by atoms with Gasteiger partial charge in [0.25, 0.3) is 5.91 Å². The molecule has 1 atom stereocenters. The van der Waals surface area contributed by atoms with Crippen LogP contribution in [0.25, 0.3) is 0 Å². The predicted molar refractivity (Wildman–Crippen MR) is 103 cm³/mol. The molecule has 0 saturated carbocycles. The molecule has 1 heterocycles. The molecule has 0 bridgehead atoms. The van der Waals surface area contributed by atoms with Crippen LogP contribution in [0.15, 0.2) is 24.3 Å². The maximum atomic E-state index is 12.4. The van der Waals surface area contributed by atoms with E-state index < -0.39 is 6.10 Å². The Balaban J connectivity index is 0.00000338. The summed E-state index contributed by atoms with van der Waals surface area (Å²) < 4.78 is 11.1. The Morgan fingerprint density at radius 2 is 2.00 bits per heavy atom. The molecular weight excluding hydrogens is 356 g/mol. The van der Waals surface area contributed by atoms with Gasteiger partial charge in [0.1, 0.15) is 5.75 Å². The topological polar surface area (TPSA) is 76.7 Å². The molecule has 1 aliphatic rings. The van der Waals surface area contributed by atoms with Crippen LogP contribution in [0.1, 0.15) is 37.0 Å². The van der Waals surface area contributed by atoms with Gasteiger partial charge < -0.3 is 20.1 Å². The number of benzene rings is 1. The van der Waals surface area contributed by atoms with Gasteiger partial charge in [0.2, 0.25) is 0 Å². The number of carbonyl (C=O) groups excluding carboxylic acids is 2. The van der Waals surface area contributed by atoms with Crippen molar-refractivity contribution in [2.24, 2.45) is 5.41 Å². The van der Waals surface area contributed by atoms with Crippen LogP contribution in [0.4, 0.5) is 0 Å². The van der Waals surface area contributed by atoms with Crippen LogP contribution >= 0.6 is 12.4 Å². The Morgan fingerprint density at radius 1 is 1.31 bits per heavy atom. The van der Waals surface area contributed by atoms with E-state index >= 15 is 0 Å². The van der Waals surface area contributed by atoms with Gasteiger partial charge in [-0.05, 0) is 51.9 Å². The van der Waals surface area contributed by atoms with Crippen molar-refractivity contribution in [2.45, 2.75) is 32.8 Å². The normalized spacial score (nSPS) is 16.9. The second-order valence-electron chi connectivity index (χ2n) is 6.74. The molecule has 1 saturated heterocycles. The monoisotopic (exact) mass is 384 g/mol. The van der Waals surface area contributed by atoms with E-state index in [2.05, 4.69) is 10.6 Å². The standard InChI is InChI=1S/C19H28N2O4.ClH/c1-14(22)16-5-4-6-17(11-16)25-15(2)18(23)21-12-19(13-24-3)7-9-20-10-8-19;/h4-6,11,15,20H,7-10,12-13H2,1-3H3,(H,21,23);1H. The van der Waals surface area contributed by atoms with Gasteiger partial charge in [-0.25, -0.2) is 0 Å². The molecule has 146 valence electrons. The SMILES string of the molecule is COCC1(CNC(=O)C(C)Oc2cccc(C(C)=O)c2)CCNCC1.Cl. The fraction of sp³-hybridized carbons (Fsp3) is 0.579. The highest BCUT2D eigenvalue weighted by Crippen LogP contribution is 2.28. The van der Waals surface area contributed by atoms with E-state index in [1.165, 1.54) is 6.92 Å². The van der Waals surface area contributed by atoms with Crippen LogP contribution < -0.4 is 15.4 Å². The Hall–Kier alpha value is -1.63. The van der Waals surface area contributed by atoms with Crippen LogP contribution in [0.5, 0.6) is 5.75 Å². The maximum absolute atomic E-state index is 12.4. The van der Waals surface area contributed by atoms with Crippen molar-refractivity contribution in [3.63, 3.8) is 0 Å². The summed E-state index contributed by atoms with van der Waals surface area (Å²) in [5.41, 5.74) is 0.545. The van der Waals surface area contributed by atoms with Crippen molar-refractivity contribution in [1.29, 1.82) is 0 Å². The second kappa shape index (κ2) is 10.5. The van der Waals surface area contributed by atoms with Crippen molar-refractivity contribution in [3.8, 4) is 5.75 Å². The minimum absolute atomic E-state index is 0. The summed E-state index contributed by atoms with van der Waals surface area (Å²) in [6, 6.07) is 6.88. The third kappa shape index (κ3) is 6.27. The van der Waals surface area contributed by atoms with E-state index in [4.69, 9.17) is 9.47 Å². The number of amides is 1. The largest absolute Gasteiger partial charge is 0.481 e. The zero-order chi connectivity index (χ0) is 18.3. The number of piperidine rings is 1. The lowest BCUT2D eigenvalue weighted by Crippen LogP contribution is -2.49. The smallest absolute Gasteiger partial charge is 0.260 e. The number of hydrogen-bond donors (Lipinski definition) is 2. The fourth-order valence-corrected chi connectivity index (χ4v) is 3.10. The van der Waals surface area contributed by atoms with Crippen molar-refractivity contribution in [3.05, 3.63) is 29.8 Å². The quantitative estimate of drug-likeness (QED) is 0.672.